The number of hydrogen-bond donors (Lipinski definition) is 0. The third kappa shape index (κ3) is 7.66. The number of benzene rings is 1. The maximum absolute atomic E-state index is 13.0. The van der Waals surface area contributed by atoms with Crippen molar-refractivity contribution in [2.24, 2.45) is 5.41 Å². The molecule has 0 bridgehead atoms. The minimum Gasteiger partial charge on any atom is -0.496 e. The average Bonchev–Trinajstić information content (AvgIpc) is 2.78. The van der Waals surface area contributed by atoms with Gasteiger partial charge in [-0.2, -0.15) is 5.26 Å². The van der Waals surface area contributed by atoms with Crippen LogP contribution in [0.5, 0.6) is 5.75 Å². The van der Waals surface area contributed by atoms with Crippen LogP contribution in [0.15, 0.2) is 53.8 Å². The molecule has 5 heteroatoms. The largest absolute Gasteiger partial charge is 0.496 e. The second kappa shape index (κ2) is 12.3. The quantitative estimate of drug-likeness (QED) is 0.251. The summed E-state index contributed by atoms with van der Waals surface area (Å²) in [7, 11) is 7.38. The van der Waals surface area contributed by atoms with Crippen molar-refractivity contribution in [3.05, 3.63) is 70.5 Å². The van der Waals surface area contributed by atoms with Gasteiger partial charge in [0.25, 0.3) is 5.91 Å². The van der Waals surface area contributed by atoms with E-state index < -0.39 is 0 Å². The third-order valence-corrected chi connectivity index (χ3v) is 5.57. The first-order valence-corrected chi connectivity index (χ1v) is 11.6. The maximum Gasteiger partial charge on any atom is 0.264 e. The van der Waals surface area contributed by atoms with E-state index in [0.717, 1.165) is 45.6 Å². The Bertz CT molecular complexity index is 1020. The average molecular weight is 464 g/mol. The molecular weight excluding hydrogens is 422 g/mol. The van der Waals surface area contributed by atoms with Gasteiger partial charge in [-0.1, -0.05) is 52.5 Å². The SMILES string of the molecule is C=C/C(C)=C(C)\C(=C/N(C)C)c1cc(CC)c(CN(C)C(=O)/C(C#N)=C/C(C)(C)C)c(OC)c1. The van der Waals surface area contributed by atoms with Crippen LogP contribution in [0.1, 0.15) is 58.2 Å². The lowest BCUT2D eigenvalue weighted by atomic mass is 9.91. The lowest BCUT2D eigenvalue weighted by molar-refractivity contribution is -0.126. The van der Waals surface area contributed by atoms with Gasteiger partial charge in [-0.15, -0.1) is 0 Å². The minimum atomic E-state index is -0.292. The standard InChI is InChI=1S/C29H41N3O2/c1-12-20(3)21(4)25(18-31(8)9)23-14-22(13-2)26(27(15-23)34-11)19-32(10)28(33)24(17-30)16-29(5,6)7/h12,14-16,18H,1,13,19H2,2-11H3/b21-20-,24-16+,25-18+. The van der Waals surface area contributed by atoms with E-state index >= 15 is 0 Å². The lowest BCUT2D eigenvalue weighted by Crippen LogP contribution is -2.28. The number of rotatable bonds is 9. The Morgan fingerprint density at radius 3 is 2.26 bits per heavy atom. The van der Waals surface area contributed by atoms with Gasteiger partial charge >= 0.3 is 0 Å². The number of carbonyl (C=O) groups is 1. The zero-order chi connectivity index (χ0) is 26.2. The first kappa shape index (κ1) is 28.8. The molecule has 0 aromatic heterocycles. The molecule has 1 rings (SSSR count). The fraction of sp³-hybridized carbons (Fsp3) is 0.448. The number of aryl methyl sites for hydroxylation is 1. The third-order valence-electron chi connectivity index (χ3n) is 5.57. The molecule has 0 radical (unpaired) electrons. The summed E-state index contributed by atoms with van der Waals surface area (Å²) in [5.41, 5.74) is 6.31. The van der Waals surface area contributed by atoms with Crippen LogP contribution in [0.25, 0.3) is 5.57 Å². The normalized spacial score (nSPS) is 13.1. The van der Waals surface area contributed by atoms with E-state index in [1.807, 2.05) is 51.9 Å². The van der Waals surface area contributed by atoms with E-state index in [1.54, 1.807) is 25.1 Å². The van der Waals surface area contributed by atoms with Crippen LogP contribution in [-0.2, 0) is 17.8 Å². The summed E-state index contributed by atoms with van der Waals surface area (Å²) < 4.78 is 5.80. The highest BCUT2D eigenvalue weighted by Gasteiger charge is 2.22. The van der Waals surface area contributed by atoms with Gasteiger partial charge < -0.3 is 14.5 Å². The van der Waals surface area contributed by atoms with Crippen molar-refractivity contribution < 1.29 is 9.53 Å². The van der Waals surface area contributed by atoms with Crippen LogP contribution < -0.4 is 4.74 Å². The summed E-state index contributed by atoms with van der Waals surface area (Å²) >= 11 is 0. The van der Waals surface area contributed by atoms with E-state index in [-0.39, 0.29) is 16.9 Å². The van der Waals surface area contributed by atoms with E-state index in [1.165, 1.54) is 0 Å². The Kier molecular flexibility index (Phi) is 10.4. The topological polar surface area (TPSA) is 56.6 Å². The summed E-state index contributed by atoms with van der Waals surface area (Å²) in [6.07, 6.45) is 6.47. The second-order valence-corrected chi connectivity index (χ2v) is 9.89. The van der Waals surface area contributed by atoms with Gasteiger partial charge in [0.2, 0.25) is 0 Å². The molecule has 1 aromatic rings. The molecule has 5 nitrogen and oxygen atoms in total. The van der Waals surface area contributed by atoms with Gasteiger partial charge in [0.15, 0.2) is 0 Å². The van der Waals surface area contributed by atoms with Gasteiger partial charge in [-0.05, 0) is 54.0 Å². The number of methoxy groups -OCH3 is 1. The summed E-state index contributed by atoms with van der Waals surface area (Å²) in [5, 5.41) is 9.55. The number of carbonyl (C=O) groups excluding carboxylic acids is 1. The van der Waals surface area contributed by atoms with Gasteiger partial charge in [0.1, 0.15) is 17.4 Å². The molecule has 34 heavy (non-hydrogen) atoms. The molecule has 0 heterocycles. The molecule has 0 saturated carbocycles. The summed E-state index contributed by atoms with van der Waals surface area (Å²) in [6.45, 7) is 16.4. The van der Waals surface area contributed by atoms with E-state index in [9.17, 15) is 10.1 Å². The maximum atomic E-state index is 13.0. The highest BCUT2D eigenvalue weighted by Crippen LogP contribution is 2.34. The van der Waals surface area contributed by atoms with E-state index in [2.05, 4.69) is 45.7 Å². The molecule has 1 amide bonds. The van der Waals surface area contributed by atoms with Crippen LogP contribution >= 0.6 is 0 Å². The molecular formula is C29H41N3O2. The molecule has 0 spiro atoms. The smallest absolute Gasteiger partial charge is 0.264 e. The highest BCUT2D eigenvalue weighted by atomic mass is 16.5. The van der Waals surface area contributed by atoms with Gasteiger partial charge in [0.05, 0.1) is 7.11 Å². The molecule has 0 saturated heterocycles. The summed E-state index contributed by atoms with van der Waals surface area (Å²) in [4.78, 5) is 16.6. The van der Waals surface area contributed by atoms with Gasteiger partial charge in [-0.3, -0.25) is 4.79 Å². The molecule has 0 atom stereocenters. The zero-order valence-electron chi connectivity index (χ0n) is 22.7. The zero-order valence-corrected chi connectivity index (χ0v) is 22.7. The molecule has 0 aliphatic heterocycles. The minimum absolute atomic E-state index is 0.153. The Hall–Kier alpha value is -3.26. The number of ether oxygens (including phenoxy) is 1. The number of likely N-dealkylation sites (N-methyl/N-ethyl adjacent to an activating group) is 1. The second-order valence-electron chi connectivity index (χ2n) is 9.89. The number of hydrogen-bond acceptors (Lipinski definition) is 4. The van der Waals surface area contributed by atoms with E-state index in [4.69, 9.17) is 4.74 Å². The Labute approximate surface area is 206 Å². The molecule has 1 aromatic carbocycles. The Morgan fingerprint density at radius 2 is 1.82 bits per heavy atom. The molecule has 184 valence electrons. The lowest BCUT2D eigenvalue weighted by Gasteiger charge is -2.23. The number of allylic oxidation sites excluding steroid dienone is 5. The van der Waals surface area contributed by atoms with Crippen LogP contribution in [0.3, 0.4) is 0 Å². The first-order valence-electron chi connectivity index (χ1n) is 11.6. The van der Waals surface area contributed by atoms with Crippen LogP contribution in [0, 0.1) is 16.7 Å². The number of nitrogens with zero attached hydrogens (tertiary/aromatic N) is 3. The Balaban J connectivity index is 3.59. The molecule has 0 N–H and O–H groups in total. The van der Waals surface area contributed by atoms with Crippen molar-refractivity contribution in [1.82, 2.24) is 9.80 Å². The van der Waals surface area contributed by atoms with Crippen LogP contribution in [-0.4, -0.2) is 44.0 Å². The van der Waals surface area contributed by atoms with Crippen molar-refractivity contribution in [3.8, 4) is 11.8 Å². The van der Waals surface area contributed by atoms with Crippen molar-refractivity contribution in [3.63, 3.8) is 0 Å². The monoisotopic (exact) mass is 463 g/mol. The molecule has 0 aliphatic rings. The molecule has 0 aliphatic carbocycles. The van der Waals surface area contributed by atoms with Crippen LogP contribution in [0.2, 0.25) is 0 Å². The van der Waals surface area contributed by atoms with Gasteiger partial charge in [-0.25, -0.2) is 0 Å². The number of amides is 1. The summed E-state index contributed by atoms with van der Waals surface area (Å²) in [6, 6.07) is 6.26. The predicted molar refractivity (Wildman–Crippen MR) is 142 cm³/mol. The predicted octanol–water partition coefficient (Wildman–Crippen LogP) is 6.14. The fourth-order valence-electron chi connectivity index (χ4n) is 3.64. The molecule has 0 unspecified atom stereocenters. The molecule has 0 fully saturated rings. The van der Waals surface area contributed by atoms with Gasteiger partial charge in [0, 0.05) is 45.0 Å². The van der Waals surface area contributed by atoms with Crippen molar-refractivity contribution in [2.45, 2.75) is 54.5 Å². The van der Waals surface area contributed by atoms with Crippen molar-refractivity contribution >= 4 is 11.5 Å². The fourth-order valence-corrected chi connectivity index (χ4v) is 3.64. The van der Waals surface area contributed by atoms with Crippen LogP contribution in [0.4, 0.5) is 0 Å². The number of nitriles is 1. The van der Waals surface area contributed by atoms with E-state index in [0.29, 0.717) is 6.54 Å². The Morgan fingerprint density at radius 1 is 1.21 bits per heavy atom. The highest BCUT2D eigenvalue weighted by molar-refractivity contribution is 5.97. The summed E-state index contributed by atoms with van der Waals surface area (Å²) in [5.74, 6) is 0.431. The van der Waals surface area contributed by atoms with Crippen molar-refractivity contribution in [2.75, 3.05) is 28.3 Å². The first-order chi connectivity index (χ1) is 15.8. The van der Waals surface area contributed by atoms with Crippen molar-refractivity contribution in [1.29, 1.82) is 5.26 Å².